The van der Waals surface area contributed by atoms with Gasteiger partial charge in [0.25, 0.3) is 5.91 Å². The average molecular weight is 234 g/mol. The molecule has 1 saturated heterocycles. The number of amides is 1. The molecule has 0 spiro atoms. The Bertz CT molecular complexity index is 389. The van der Waals surface area contributed by atoms with Gasteiger partial charge in [0, 0.05) is 30.9 Å². The Morgan fingerprint density at radius 2 is 2.12 bits per heavy atom. The van der Waals surface area contributed by atoms with Crippen LogP contribution in [0.5, 0.6) is 0 Å². The van der Waals surface area contributed by atoms with E-state index in [1.807, 2.05) is 4.90 Å². The molecular weight excluding hydrogens is 216 g/mol. The zero-order valence-corrected chi connectivity index (χ0v) is 9.80. The van der Waals surface area contributed by atoms with Crippen LogP contribution in [-0.2, 0) is 0 Å². The van der Waals surface area contributed by atoms with Gasteiger partial charge in [0.2, 0.25) is 0 Å². The number of nitrogens with two attached hydrogens (primary N) is 1. The molecule has 0 radical (unpaired) electrons. The summed E-state index contributed by atoms with van der Waals surface area (Å²) in [4.78, 5) is 14.0. The van der Waals surface area contributed by atoms with Gasteiger partial charge in [0.1, 0.15) is 0 Å². The zero-order valence-electron chi connectivity index (χ0n) is 9.80. The third-order valence-electron chi connectivity index (χ3n) is 3.22. The summed E-state index contributed by atoms with van der Waals surface area (Å²) in [7, 11) is 0. The van der Waals surface area contributed by atoms with E-state index in [0.29, 0.717) is 17.8 Å². The van der Waals surface area contributed by atoms with Crippen LogP contribution in [0.4, 0.5) is 5.69 Å². The lowest BCUT2D eigenvalue weighted by Crippen LogP contribution is -2.40. The first-order chi connectivity index (χ1) is 8.20. The van der Waals surface area contributed by atoms with Crippen LogP contribution in [0.3, 0.4) is 0 Å². The van der Waals surface area contributed by atoms with Gasteiger partial charge in [-0.25, -0.2) is 0 Å². The van der Waals surface area contributed by atoms with Crippen LogP contribution in [0.1, 0.15) is 23.2 Å². The fourth-order valence-electron chi connectivity index (χ4n) is 2.21. The van der Waals surface area contributed by atoms with Gasteiger partial charge < -0.3 is 15.7 Å². The number of piperidine rings is 1. The van der Waals surface area contributed by atoms with Crippen LogP contribution < -0.4 is 5.73 Å². The number of benzene rings is 1. The molecule has 3 N–H and O–H groups in total. The summed E-state index contributed by atoms with van der Waals surface area (Å²) in [5.41, 5.74) is 6.92. The molecule has 1 aromatic rings. The van der Waals surface area contributed by atoms with Crippen molar-refractivity contribution in [1.82, 2.24) is 4.90 Å². The number of nitrogens with zero attached hydrogens (tertiary/aromatic N) is 1. The number of aliphatic hydroxyl groups excluding tert-OH is 1. The van der Waals surface area contributed by atoms with Crippen molar-refractivity contribution in [2.45, 2.75) is 12.8 Å². The van der Waals surface area contributed by atoms with Gasteiger partial charge in [0.05, 0.1) is 0 Å². The van der Waals surface area contributed by atoms with E-state index < -0.39 is 0 Å². The van der Waals surface area contributed by atoms with Crippen LogP contribution in [0.25, 0.3) is 0 Å². The Balaban J connectivity index is 2.06. The molecule has 1 heterocycles. The quantitative estimate of drug-likeness (QED) is 0.753. The number of likely N-dealkylation sites (tertiary alicyclic amines) is 1. The molecule has 1 amide bonds. The Morgan fingerprint density at radius 3 is 2.76 bits per heavy atom. The van der Waals surface area contributed by atoms with Gasteiger partial charge in [-0.15, -0.1) is 0 Å². The van der Waals surface area contributed by atoms with Gasteiger partial charge in [0.15, 0.2) is 0 Å². The minimum atomic E-state index is 0.0307. The van der Waals surface area contributed by atoms with E-state index in [1.54, 1.807) is 24.3 Å². The van der Waals surface area contributed by atoms with E-state index in [-0.39, 0.29) is 18.4 Å². The second-order valence-electron chi connectivity index (χ2n) is 4.56. The van der Waals surface area contributed by atoms with Gasteiger partial charge in [-0.2, -0.15) is 0 Å². The Hall–Kier alpha value is -1.55. The third kappa shape index (κ3) is 2.77. The summed E-state index contributed by atoms with van der Waals surface area (Å²) in [6, 6.07) is 6.97. The fraction of sp³-hybridized carbons (Fsp3) is 0.462. The number of anilines is 1. The lowest BCUT2D eigenvalue weighted by atomic mass is 9.98. The SMILES string of the molecule is Nc1ccc(C(=O)N2CCCC(CO)C2)cc1. The van der Waals surface area contributed by atoms with Crippen molar-refractivity contribution >= 4 is 11.6 Å². The summed E-state index contributed by atoms with van der Waals surface area (Å²) < 4.78 is 0. The summed E-state index contributed by atoms with van der Waals surface area (Å²) in [6.45, 7) is 1.59. The predicted octanol–water partition coefficient (Wildman–Crippen LogP) is 1.11. The van der Waals surface area contributed by atoms with Crippen molar-refractivity contribution in [2.24, 2.45) is 5.92 Å². The van der Waals surface area contributed by atoms with Crippen molar-refractivity contribution in [1.29, 1.82) is 0 Å². The average Bonchev–Trinajstić information content (AvgIpc) is 2.39. The minimum Gasteiger partial charge on any atom is -0.399 e. The van der Waals surface area contributed by atoms with E-state index in [4.69, 9.17) is 10.8 Å². The number of hydrogen-bond donors (Lipinski definition) is 2. The molecule has 92 valence electrons. The zero-order chi connectivity index (χ0) is 12.3. The van der Waals surface area contributed by atoms with Crippen LogP contribution in [0, 0.1) is 5.92 Å². The topological polar surface area (TPSA) is 66.6 Å². The number of carbonyl (C=O) groups is 1. The fourth-order valence-corrected chi connectivity index (χ4v) is 2.21. The van der Waals surface area contributed by atoms with Crippen molar-refractivity contribution in [3.8, 4) is 0 Å². The van der Waals surface area contributed by atoms with Gasteiger partial charge in [-0.05, 0) is 43.0 Å². The van der Waals surface area contributed by atoms with Crippen LogP contribution in [0.15, 0.2) is 24.3 Å². The van der Waals surface area contributed by atoms with E-state index in [9.17, 15) is 4.79 Å². The molecule has 4 heteroatoms. The highest BCUT2D eigenvalue weighted by atomic mass is 16.3. The Labute approximate surface area is 101 Å². The first kappa shape index (κ1) is 11.9. The minimum absolute atomic E-state index is 0.0307. The molecule has 1 aromatic carbocycles. The monoisotopic (exact) mass is 234 g/mol. The molecule has 1 aliphatic heterocycles. The van der Waals surface area contributed by atoms with E-state index in [1.165, 1.54) is 0 Å². The normalized spacial score (nSPS) is 20.3. The molecule has 1 aliphatic rings. The van der Waals surface area contributed by atoms with Crippen LogP contribution >= 0.6 is 0 Å². The van der Waals surface area contributed by atoms with Gasteiger partial charge in [-0.1, -0.05) is 0 Å². The maximum Gasteiger partial charge on any atom is 0.253 e. The van der Waals surface area contributed by atoms with Crippen molar-refractivity contribution in [3.63, 3.8) is 0 Å². The second-order valence-corrected chi connectivity index (χ2v) is 4.56. The number of rotatable bonds is 2. The smallest absolute Gasteiger partial charge is 0.253 e. The van der Waals surface area contributed by atoms with E-state index >= 15 is 0 Å². The van der Waals surface area contributed by atoms with Crippen LogP contribution in [-0.4, -0.2) is 35.6 Å². The predicted molar refractivity (Wildman–Crippen MR) is 66.6 cm³/mol. The van der Waals surface area contributed by atoms with Crippen molar-refractivity contribution in [2.75, 3.05) is 25.4 Å². The Kier molecular flexibility index (Phi) is 3.64. The molecular formula is C13H18N2O2. The van der Waals surface area contributed by atoms with Crippen molar-refractivity contribution in [3.05, 3.63) is 29.8 Å². The highest BCUT2D eigenvalue weighted by molar-refractivity contribution is 5.94. The largest absolute Gasteiger partial charge is 0.399 e. The first-order valence-electron chi connectivity index (χ1n) is 5.96. The van der Waals surface area contributed by atoms with E-state index in [2.05, 4.69) is 0 Å². The number of aliphatic hydroxyl groups is 1. The molecule has 0 saturated carbocycles. The van der Waals surface area contributed by atoms with Gasteiger partial charge >= 0.3 is 0 Å². The molecule has 2 rings (SSSR count). The number of hydrogen-bond acceptors (Lipinski definition) is 3. The Morgan fingerprint density at radius 1 is 1.41 bits per heavy atom. The second kappa shape index (κ2) is 5.19. The third-order valence-corrected chi connectivity index (χ3v) is 3.22. The summed E-state index contributed by atoms with van der Waals surface area (Å²) >= 11 is 0. The molecule has 4 nitrogen and oxygen atoms in total. The maximum atomic E-state index is 12.2. The van der Waals surface area contributed by atoms with E-state index in [0.717, 1.165) is 19.4 Å². The number of nitrogen functional groups attached to an aromatic ring is 1. The molecule has 1 unspecified atom stereocenters. The molecule has 1 atom stereocenters. The van der Waals surface area contributed by atoms with Crippen LogP contribution in [0.2, 0.25) is 0 Å². The molecule has 1 fully saturated rings. The standard InChI is InChI=1S/C13H18N2O2/c14-12-5-3-11(4-6-12)13(17)15-7-1-2-10(8-15)9-16/h3-6,10,16H,1-2,7-9,14H2. The van der Waals surface area contributed by atoms with Gasteiger partial charge in [-0.3, -0.25) is 4.79 Å². The van der Waals surface area contributed by atoms with Crippen molar-refractivity contribution < 1.29 is 9.90 Å². The maximum absolute atomic E-state index is 12.2. The molecule has 0 bridgehead atoms. The summed E-state index contributed by atoms with van der Waals surface area (Å²) in [5, 5.41) is 9.14. The molecule has 0 aromatic heterocycles. The molecule has 0 aliphatic carbocycles. The summed E-state index contributed by atoms with van der Waals surface area (Å²) in [5.74, 6) is 0.254. The molecule has 17 heavy (non-hydrogen) atoms. The lowest BCUT2D eigenvalue weighted by Gasteiger charge is -2.31. The highest BCUT2D eigenvalue weighted by Crippen LogP contribution is 2.18. The lowest BCUT2D eigenvalue weighted by molar-refractivity contribution is 0.0621. The highest BCUT2D eigenvalue weighted by Gasteiger charge is 2.23. The first-order valence-corrected chi connectivity index (χ1v) is 5.96. The summed E-state index contributed by atoms with van der Waals surface area (Å²) in [6.07, 6.45) is 1.97. The number of carbonyl (C=O) groups excluding carboxylic acids is 1.